The van der Waals surface area contributed by atoms with E-state index >= 15 is 0 Å². The highest BCUT2D eigenvalue weighted by Gasteiger charge is 2.20. The van der Waals surface area contributed by atoms with Gasteiger partial charge in [0.15, 0.2) is 5.76 Å². The van der Waals surface area contributed by atoms with Crippen LogP contribution in [0.25, 0.3) is 27.2 Å². The Morgan fingerprint density at radius 3 is 2.86 bits per heavy atom. The minimum atomic E-state index is -0.403. The largest absolute Gasteiger partial charge is 0.451 e. The third-order valence-electron chi connectivity index (χ3n) is 4.56. The Bertz CT molecular complexity index is 1400. The molecule has 2 aromatic carbocycles. The number of anilines is 1. The molecule has 5 aromatic rings. The molecule has 0 saturated carbocycles. The molecule has 1 N–H and O–H groups in total. The molecule has 0 unspecified atom stereocenters. The fourth-order valence-corrected chi connectivity index (χ4v) is 4.37. The van der Waals surface area contributed by atoms with E-state index in [9.17, 15) is 4.79 Å². The Balaban J connectivity index is 1.50. The van der Waals surface area contributed by atoms with E-state index < -0.39 is 5.91 Å². The normalized spacial score (nSPS) is 11.4. The third kappa shape index (κ3) is 3.07. The van der Waals surface area contributed by atoms with Gasteiger partial charge in [-0.1, -0.05) is 41.4 Å². The standard InChI is InChI=1S/C20H12Cl2N4O2S/c1-10-12-4-2-3-5-16(12)28-17(10)18(27)23-19-24-20-26(25-19)15(9-29-20)13-8-11(21)6-7-14(13)22/h2-9H,1H3,(H,23,25,27). The Hall–Kier alpha value is -2.87. The Kier molecular flexibility index (Phi) is 4.31. The van der Waals surface area contributed by atoms with Crippen LogP contribution in [-0.2, 0) is 0 Å². The van der Waals surface area contributed by atoms with Gasteiger partial charge in [-0.3, -0.25) is 10.1 Å². The summed E-state index contributed by atoms with van der Waals surface area (Å²) in [6.45, 7) is 1.85. The van der Waals surface area contributed by atoms with Crippen molar-refractivity contribution in [3.05, 3.63) is 69.2 Å². The Morgan fingerprint density at radius 1 is 1.21 bits per heavy atom. The van der Waals surface area contributed by atoms with Crippen LogP contribution >= 0.6 is 34.5 Å². The molecule has 5 rings (SSSR count). The van der Waals surface area contributed by atoms with Crippen LogP contribution in [0.5, 0.6) is 0 Å². The van der Waals surface area contributed by atoms with Crippen molar-refractivity contribution in [2.24, 2.45) is 0 Å². The van der Waals surface area contributed by atoms with Crippen LogP contribution in [0.3, 0.4) is 0 Å². The first-order chi connectivity index (χ1) is 14.0. The number of benzene rings is 2. The summed E-state index contributed by atoms with van der Waals surface area (Å²) in [7, 11) is 0. The van der Waals surface area contributed by atoms with E-state index in [0.29, 0.717) is 20.6 Å². The number of rotatable bonds is 3. The highest BCUT2D eigenvalue weighted by atomic mass is 35.5. The van der Waals surface area contributed by atoms with E-state index in [0.717, 1.165) is 22.2 Å². The van der Waals surface area contributed by atoms with Crippen molar-refractivity contribution in [3.8, 4) is 11.3 Å². The van der Waals surface area contributed by atoms with Gasteiger partial charge >= 0.3 is 0 Å². The fraction of sp³-hybridized carbons (Fsp3) is 0.0500. The van der Waals surface area contributed by atoms with Crippen LogP contribution in [0.2, 0.25) is 10.0 Å². The van der Waals surface area contributed by atoms with Crippen molar-refractivity contribution in [1.82, 2.24) is 14.6 Å². The molecule has 0 aliphatic rings. The van der Waals surface area contributed by atoms with E-state index in [1.165, 1.54) is 11.3 Å². The van der Waals surface area contributed by atoms with Crippen molar-refractivity contribution in [1.29, 1.82) is 0 Å². The lowest BCUT2D eigenvalue weighted by Gasteiger charge is -2.03. The van der Waals surface area contributed by atoms with Crippen molar-refractivity contribution < 1.29 is 9.21 Å². The van der Waals surface area contributed by atoms with Crippen LogP contribution in [0, 0.1) is 6.92 Å². The minimum Gasteiger partial charge on any atom is -0.451 e. The van der Waals surface area contributed by atoms with Gasteiger partial charge in [0.05, 0.1) is 10.7 Å². The number of halogens is 2. The molecule has 0 spiro atoms. The van der Waals surface area contributed by atoms with E-state index in [4.69, 9.17) is 27.6 Å². The third-order valence-corrected chi connectivity index (χ3v) is 5.94. The zero-order chi connectivity index (χ0) is 20.1. The molecule has 6 nitrogen and oxygen atoms in total. The number of hydrogen-bond acceptors (Lipinski definition) is 5. The quantitative estimate of drug-likeness (QED) is 0.367. The summed E-state index contributed by atoms with van der Waals surface area (Å²) in [6, 6.07) is 12.7. The average Bonchev–Trinajstić information content (AvgIpc) is 3.37. The summed E-state index contributed by atoms with van der Waals surface area (Å²) >= 11 is 13.8. The van der Waals surface area contributed by atoms with Gasteiger partial charge in [-0.05, 0) is 31.2 Å². The van der Waals surface area contributed by atoms with Crippen LogP contribution < -0.4 is 5.32 Å². The monoisotopic (exact) mass is 442 g/mol. The molecule has 3 aromatic heterocycles. The van der Waals surface area contributed by atoms with Gasteiger partial charge in [-0.25, -0.2) is 4.52 Å². The summed E-state index contributed by atoms with van der Waals surface area (Å²) in [5.41, 5.74) is 2.91. The maximum absolute atomic E-state index is 12.7. The zero-order valence-electron chi connectivity index (χ0n) is 14.9. The van der Waals surface area contributed by atoms with E-state index in [1.807, 2.05) is 36.6 Å². The Morgan fingerprint density at radius 2 is 2.03 bits per heavy atom. The molecular formula is C20H12Cl2N4O2S. The number of nitrogens with one attached hydrogen (secondary N) is 1. The van der Waals surface area contributed by atoms with E-state index in [1.54, 1.807) is 22.7 Å². The fourth-order valence-electron chi connectivity index (χ4n) is 3.16. The van der Waals surface area contributed by atoms with E-state index in [-0.39, 0.29) is 11.7 Å². The molecule has 0 fully saturated rings. The van der Waals surface area contributed by atoms with Crippen LogP contribution in [0.15, 0.2) is 52.3 Å². The Labute approximate surface area is 178 Å². The molecule has 0 aliphatic carbocycles. The number of aryl methyl sites for hydroxylation is 1. The van der Waals surface area contributed by atoms with Gasteiger partial charge in [0.1, 0.15) is 5.58 Å². The van der Waals surface area contributed by atoms with Crippen molar-refractivity contribution >= 4 is 62.3 Å². The maximum atomic E-state index is 12.7. The molecule has 0 radical (unpaired) electrons. The van der Waals surface area contributed by atoms with Gasteiger partial charge in [0, 0.05) is 26.9 Å². The number of fused-ring (bicyclic) bond motifs is 2. The second kappa shape index (κ2) is 6.88. The molecule has 0 aliphatic heterocycles. The van der Waals surface area contributed by atoms with E-state index in [2.05, 4.69) is 15.4 Å². The average molecular weight is 443 g/mol. The summed E-state index contributed by atoms with van der Waals surface area (Å²) in [6.07, 6.45) is 0. The van der Waals surface area contributed by atoms with Gasteiger partial charge in [-0.2, -0.15) is 4.98 Å². The number of hydrogen-bond donors (Lipinski definition) is 1. The van der Waals surface area contributed by atoms with Gasteiger partial charge < -0.3 is 4.42 Å². The van der Waals surface area contributed by atoms with Crippen molar-refractivity contribution in [2.45, 2.75) is 6.92 Å². The highest BCUT2D eigenvalue weighted by molar-refractivity contribution is 7.15. The molecule has 9 heteroatoms. The number of furan rings is 1. The number of amides is 1. The highest BCUT2D eigenvalue weighted by Crippen LogP contribution is 2.33. The molecule has 1 amide bonds. The van der Waals surface area contributed by atoms with Crippen LogP contribution in [0.4, 0.5) is 5.95 Å². The van der Waals surface area contributed by atoms with Gasteiger partial charge in [0.25, 0.3) is 11.9 Å². The minimum absolute atomic E-state index is 0.182. The van der Waals surface area contributed by atoms with Crippen molar-refractivity contribution in [2.75, 3.05) is 5.32 Å². The van der Waals surface area contributed by atoms with Crippen LogP contribution in [-0.4, -0.2) is 20.5 Å². The summed E-state index contributed by atoms with van der Waals surface area (Å²) in [4.78, 5) is 17.7. The second-order valence-electron chi connectivity index (χ2n) is 6.38. The number of aromatic nitrogens is 3. The van der Waals surface area contributed by atoms with Crippen molar-refractivity contribution in [3.63, 3.8) is 0 Å². The first kappa shape index (κ1) is 18.2. The molecule has 29 heavy (non-hydrogen) atoms. The number of thiazole rings is 1. The first-order valence-electron chi connectivity index (χ1n) is 8.60. The molecule has 3 heterocycles. The smallest absolute Gasteiger partial charge is 0.294 e. The maximum Gasteiger partial charge on any atom is 0.294 e. The molecule has 0 atom stereocenters. The number of carbonyl (C=O) groups excluding carboxylic acids is 1. The predicted octanol–water partition coefficient (Wildman–Crippen LogP) is 6.07. The number of carbonyl (C=O) groups is 1. The first-order valence-corrected chi connectivity index (χ1v) is 10.2. The predicted molar refractivity (Wildman–Crippen MR) is 115 cm³/mol. The molecule has 0 saturated heterocycles. The van der Waals surface area contributed by atoms with Crippen LogP contribution in [0.1, 0.15) is 16.1 Å². The van der Waals surface area contributed by atoms with Gasteiger partial charge in [0.2, 0.25) is 4.96 Å². The summed E-state index contributed by atoms with van der Waals surface area (Å²) < 4.78 is 7.33. The number of nitrogens with zero attached hydrogens (tertiary/aromatic N) is 3. The lowest BCUT2D eigenvalue weighted by Crippen LogP contribution is -2.13. The SMILES string of the molecule is Cc1c(C(=O)Nc2nc3scc(-c4cc(Cl)ccc4Cl)n3n2)oc2ccccc12. The second-order valence-corrected chi connectivity index (χ2v) is 8.06. The number of para-hydroxylation sites is 1. The van der Waals surface area contributed by atoms with Gasteiger partial charge in [-0.15, -0.1) is 16.4 Å². The zero-order valence-corrected chi connectivity index (χ0v) is 17.3. The lowest BCUT2D eigenvalue weighted by molar-refractivity contribution is 0.0997. The summed E-state index contributed by atoms with van der Waals surface area (Å²) in [5.74, 6) is 0.0165. The summed E-state index contributed by atoms with van der Waals surface area (Å²) in [5, 5.41) is 11.0. The molecular weight excluding hydrogens is 431 g/mol. The topological polar surface area (TPSA) is 72.4 Å². The molecule has 144 valence electrons. The lowest BCUT2D eigenvalue weighted by atomic mass is 10.1. The molecule has 0 bridgehead atoms.